The molecule has 7 nitrogen and oxygen atoms in total. The van der Waals surface area contributed by atoms with Gasteiger partial charge in [-0.3, -0.25) is 4.79 Å². The van der Waals surface area contributed by atoms with Crippen molar-refractivity contribution in [1.82, 2.24) is 9.62 Å². The van der Waals surface area contributed by atoms with Crippen LogP contribution in [0.15, 0.2) is 36.4 Å². The Morgan fingerprint density at radius 2 is 1.82 bits per heavy atom. The van der Waals surface area contributed by atoms with Crippen LogP contribution in [0, 0.1) is 5.92 Å². The molecular formula is C23H28Cl2N2O5S. The Kier molecular flexibility index (Phi) is 8.50. The predicted octanol–water partition coefficient (Wildman–Crippen LogP) is 4.43. The normalized spacial score (nSPS) is 16.3. The van der Waals surface area contributed by atoms with Gasteiger partial charge in [0.1, 0.15) is 11.5 Å². The van der Waals surface area contributed by atoms with E-state index >= 15 is 0 Å². The molecule has 0 spiro atoms. The second-order valence-corrected chi connectivity index (χ2v) is 10.8. The number of methoxy groups -OCH3 is 2. The molecule has 1 amide bonds. The molecule has 2 aromatic rings. The van der Waals surface area contributed by atoms with Crippen molar-refractivity contribution in [3.8, 4) is 11.5 Å². The number of nitrogens with zero attached hydrogens (tertiary/aromatic N) is 1. The molecule has 10 heteroatoms. The highest BCUT2D eigenvalue weighted by molar-refractivity contribution is 7.88. The minimum Gasteiger partial charge on any atom is -0.497 e. The molecule has 0 bridgehead atoms. The quantitative estimate of drug-likeness (QED) is 0.563. The summed E-state index contributed by atoms with van der Waals surface area (Å²) in [5.41, 5.74) is 1.31. The second-order valence-electron chi connectivity index (χ2n) is 8.00. The third kappa shape index (κ3) is 6.32. The van der Waals surface area contributed by atoms with Crippen LogP contribution in [0.1, 0.15) is 36.9 Å². The molecule has 1 saturated heterocycles. The minimum absolute atomic E-state index is 0.106. The van der Waals surface area contributed by atoms with E-state index in [2.05, 4.69) is 5.32 Å². The molecule has 33 heavy (non-hydrogen) atoms. The number of hydrogen-bond donors (Lipinski definition) is 1. The number of carbonyl (C=O) groups is 1. The number of benzene rings is 2. The molecule has 0 aliphatic carbocycles. The van der Waals surface area contributed by atoms with E-state index in [0.717, 1.165) is 5.56 Å². The lowest BCUT2D eigenvalue weighted by Crippen LogP contribution is -2.43. The Balaban J connectivity index is 1.59. The molecule has 0 radical (unpaired) electrons. The van der Waals surface area contributed by atoms with E-state index in [-0.39, 0.29) is 36.7 Å². The zero-order valence-corrected chi connectivity index (χ0v) is 21.1. The highest BCUT2D eigenvalue weighted by Gasteiger charge is 2.32. The van der Waals surface area contributed by atoms with Crippen LogP contribution in [0.25, 0.3) is 0 Å². The molecule has 2 aromatic carbocycles. The third-order valence-electron chi connectivity index (χ3n) is 5.83. The molecule has 1 aliphatic heterocycles. The summed E-state index contributed by atoms with van der Waals surface area (Å²) in [4.78, 5) is 12.9. The molecule has 0 saturated carbocycles. The molecular weight excluding hydrogens is 487 g/mol. The van der Waals surface area contributed by atoms with Crippen molar-refractivity contribution in [3.63, 3.8) is 0 Å². The lowest BCUT2D eigenvalue weighted by atomic mass is 9.96. The van der Waals surface area contributed by atoms with E-state index in [1.54, 1.807) is 38.5 Å². The fourth-order valence-electron chi connectivity index (χ4n) is 3.91. The van der Waals surface area contributed by atoms with Gasteiger partial charge in [0.25, 0.3) is 0 Å². The van der Waals surface area contributed by atoms with Gasteiger partial charge in [0.05, 0.1) is 26.0 Å². The average molecular weight is 515 g/mol. The van der Waals surface area contributed by atoms with E-state index in [9.17, 15) is 13.2 Å². The molecule has 1 aliphatic rings. The van der Waals surface area contributed by atoms with Gasteiger partial charge in [0, 0.05) is 34.6 Å². The fourth-order valence-corrected chi connectivity index (χ4v) is 6.06. The molecule has 1 N–H and O–H groups in total. The van der Waals surface area contributed by atoms with Crippen molar-refractivity contribution >= 4 is 39.1 Å². The topological polar surface area (TPSA) is 84.9 Å². The lowest BCUT2D eigenvalue weighted by molar-refractivity contribution is -0.126. The van der Waals surface area contributed by atoms with Gasteiger partial charge in [-0.2, -0.15) is 0 Å². The highest BCUT2D eigenvalue weighted by atomic mass is 35.5. The minimum atomic E-state index is -3.56. The number of rotatable bonds is 8. The predicted molar refractivity (Wildman–Crippen MR) is 129 cm³/mol. The maximum Gasteiger partial charge on any atom is 0.223 e. The van der Waals surface area contributed by atoms with Gasteiger partial charge in [-0.15, -0.1) is 0 Å². The first-order chi connectivity index (χ1) is 15.6. The van der Waals surface area contributed by atoms with Gasteiger partial charge >= 0.3 is 0 Å². The van der Waals surface area contributed by atoms with Crippen molar-refractivity contribution in [2.24, 2.45) is 5.92 Å². The summed E-state index contributed by atoms with van der Waals surface area (Å²) >= 11 is 12.0. The Hall–Kier alpha value is -2.00. The van der Waals surface area contributed by atoms with Gasteiger partial charge in [-0.1, -0.05) is 29.3 Å². The average Bonchev–Trinajstić information content (AvgIpc) is 2.80. The monoisotopic (exact) mass is 514 g/mol. The summed E-state index contributed by atoms with van der Waals surface area (Å²) in [5.74, 6) is 0.753. The number of piperidine rings is 1. The number of halogens is 2. The van der Waals surface area contributed by atoms with Crippen LogP contribution >= 0.6 is 23.2 Å². The Morgan fingerprint density at radius 1 is 1.12 bits per heavy atom. The van der Waals surface area contributed by atoms with Crippen molar-refractivity contribution in [2.45, 2.75) is 31.6 Å². The van der Waals surface area contributed by atoms with Crippen LogP contribution in [-0.2, 0) is 20.6 Å². The molecule has 1 atom stereocenters. The van der Waals surface area contributed by atoms with Crippen LogP contribution < -0.4 is 14.8 Å². The molecule has 1 fully saturated rings. The zero-order chi connectivity index (χ0) is 24.2. The fraction of sp³-hybridized carbons (Fsp3) is 0.435. The van der Waals surface area contributed by atoms with Crippen LogP contribution in [-0.4, -0.2) is 45.9 Å². The van der Waals surface area contributed by atoms with Crippen LogP contribution in [0.2, 0.25) is 10.0 Å². The molecule has 1 heterocycles. The van der Waals surface area contributed by atoms with E-state index in [0.29, 0.717) is 39.9 Å². The third-order valence-corrected chi connectivity index (χ3v) is 8.25. The molecule has 0 aromatic heterocycles. The van der Waals surface area contributed by atoms with E-state index < -0.39 is 10.0 Å². The standard InChI is InChI=1S/C23H28Cl2N2O5S/c1-15(20-13-19(31-2)6-7-22(20)32-3)26-23(28)16-8-10-27(11-9-16)33(29,30)14-17-4-5-18(24)12-21(17)25/h4-7,12-13,15-16H,8-11,14H2,1-3H3,(H,26,28)/t15-/m0/s1. The number of sulfonamides is 1. The van der Waals surface area contributed by atoms with Gasteiger partial charge in [-0.05, 0) is 55.7 Å². The zero-order valence-electron chi connectivity index (χ0n) is 18.8. The van der Waals surface area contributed by atoms with Crippen molar-refractivity contribution in [1.29, 1.82) is 0 Å². The van der Waals surface area contributed by atoms with Crippen LogP contribution in [0.3, 0.4) is 0 Å². The van der Waals surface area contributed by atoms with Crippen LogP contribution in [0.5, 0.6) is 11.5 Å². The summed E-state index contributed by atoms with van der Waals surface area (Å²) in [6.07, 6.45) is 0.892. The van der Waals surface area contributed by atoms with Gasteiger partial charge in [0.15, 0.2) is 0 Å². The molecule has 180 valence electrons. The molecule has 0 unspecified atom stereocenters. The first-order valence-electron chi connectivity index (χ1n) is 10.6. The molecule has 3 rings (SSSR count). The number of amides is 1. The van der Waals surface area contributed by atoms with E-state index in [1.807, 2.05) is 13.0 Å². The number of carbonyl (C=O) groups excluding carboxylic acids is 1. The van der Waals surface area contributed by atoms with Crippen LogP contribution in [0.4, 0.5) is 0 Å². The summed E-state index contributed by atoms with van der Waals surface area (Å²) in [6.45, 7) is 2.44. The number of hydrogen-bond acceptors (Lipinski definition) is 5. The van der Waals surface area contributed by atoms with E-state index in [4.69, 9.17) is 32.7 Å². The Morgan fingerprint density at radius 3 is 2.42 bits per heavy atom. The highest BCUT2D eigenvalue weighted by Crippen LogP contribution is 2.30. The van der Waals surface area contributed by atoms with Gasteiger partial charge < -0.3 is 14.8 Å². The van der Waals surface area contributed by atoms with E-state index in [1.165, 1.54) is 10.4 Å². The SMILES string of the molecule is COc1ccc(OC)c([C@H](C)NC(=O)C2CCN(S(=O)(=O)Cc3ccc(Cl)cc3Cl)CC2)c1. The Labute approximate surface area is 205 Å². The number of nitrogens with one attached hydrogen (secondary N) is 1. The van der Waals surface area contributed by atoms with Gasteiger partial charge in [0.2, 0.25) is 15.9 Å². The smallest absolute Gasteiger partial charge is 0.223 e. The maximum atomic E-state index is 12.9. The lowest BCUT2D eigenvalue weighted by Gasteiger charge is -2.31. The largest absolute Gasteiger partial charge is 0.497 e. The summed E-state index contributed by atoms with van der Waals surface area (Å²) in [7, 11) is -0.402. The van der Waals surface area contributed by atoms with Crippen molar-refractivity contribution in [3.05, 3.63) is 57.6 Å². The maximum absolute atomic E-state index is 12.9. The van der Waals surface area contributed by atoms with Gasteiger partial charge in [-0.25, -0.2) is 12.7 Å². The van der Waals surface area contributed by atoms with Crippen molar-refractivity contribution < 1.29 is 22.7 Å². The summed E-state index contributed by atoms with van der Waals surface area (Å²) < 4.78 is 37.9. The van der Waals surface area contributed by atoms with Crippen molar-refractivity contribution in [2.75, 3.05) is 27.3 Å². The first kappa shape index (κ1) is 25.6. The first-order valence-corrected chi connectivity index (χ1v) is 12.9. The summed E-state index contributed by atoms with van der Waals surface area (Å²) in [5, 5.41) is 3.80. The number of ether oxygens (including phenoxy) is 2. The second kappa shape index (κ2) is 11.0. The summed E-state index contributed by atoms with van der Waals surface area (Å²) in [6, 6.07) is 9.90. The Bertz CT molecular complexity index is 1100.